The summed E-state index contributed by atoms with van der Waals surface area (Å²) in [4.78, 5) is 69.0. The summed E-state index contributed by atoms with van der Waals surface area (Å²) in [7, 11) is -11.5. The number of pyridine rings is 1. The maximum absolute atomic E-state index is 12.1. The van der Waals surface area contributed by atoms with E-state index in [1.165, 1.54) is 10.6 Å². The molecule has 0 amide bonds. The minimum Gasteiger partial charge on any atom is -0.432 e. The van der Waals surface area contributed by atoms with Gasteiger partial charge in [-0.2, -0.15) is 0 Å². The Morgan fingerprint density at radius 3 is 2.48 bits per heavy atom. The van der Waals surface area contributed by atoms with E-state index in [0.29, 0.717) is 5.65 Å². The van der Waals surface area contributed by atoms with Gasteiger partial charge in [-0.15, -0.1) is 10.1 Å². The highest BCUT2D eigenvalue weighted by Crippen LogP contribution is 2.70. The minimum atomic E-state index is -5.74. The molecule has 0 bridgehead atoms. The summed E-state index contributed by atoms with van der Waals surface area (Å²) in [6.07, 6.45) is 0.618. The molecule has 0 spiro atoms. The molecule has 0 aromatic carbocycles. The van der Waals surface area contributed by atoms with Crippen LogP contribution < -0.4 is 0 Å². The van der Waals surface area contributed by atoms with Crippen LogP contribution in [0.15, 0.2) is 30.6 Å². The van der Waals surface area contributed by atoms with E-state index in [-0.39, 0.29) is 12.1 Å². The molecule has 29 heavy (non-hydrogen) atoms. The molecule has 0 radical (unpaired) electrons. The highest BCUT2D eigenvalue weighted by Gasteiger charge is 2.64. The molecule has 0 saturated heterocycles. The summed E-state index contributed by atoms with van der Waals surface area (Å²) < 4.78 is 30.2. The van der Waals surface area contributed by atoms with E-state index in [1.54, 1.807) is 18.2 Å². The Morgan fingerprint density at radius 2 is 1.90 bits per heavy atom. The molecule has 160 valence electrons. The third kappa shape index (κ3) is 5.18. The van der Waals surface area contributed by atoms with Gasteiger partial charge < -0.3 is 33.5 Å². The number of hydrogen-bond donors (Lipinski definition) is 4. The zero-order chi connectivity index (χ0) is 21.9. The third-order valence-corrected chi connectivity index (χ3v) is 7.70. The Labute approximate surface area is 162 Å². The molecule has 14 nitrogen and oxygen atoms in total. The van der Waals surface area contributed by atoms with Gasteiger partial charge in [0.2, 0.25) is 0 Å². The van der Waals surface area contributed by atoms with Gasteiger partial charge in [0.1, 0.15) is 5.65 Å². The molecule has 2 aromatic heterocycles. The molecule has 0 unspecified atom stereocenters. The average Bonchev–Trinajstić information content (AvgIpc) is 2.99. The number of esters is 1. The van der Waals surface area contributed by atoms with Crippen molar-refractivity contribution in [2.75, 3.05) is 6.61 Å². The van der Waals surface area contributed by atoms with Crippen LogP contribution in [0.5, 0.6) is 0 Å². The largest absolute Gasteiger partial charge is 0.432 e. The van der Waals surface area contributed by atoms with Gasteiger partial charge in [-0.05, 0) is 18.6 Å². The van der Waals surface area contributed by atoms with Crippen LogP contribution >= 0.6 is 15.2 Å². The summed E-state index contributed by atoms with van der Waals surface area (Å²) in [5.41, 5.74) is 0.299. The minimum absolute atomic E-state index is 0.0308. The predicted molar refractivity (Wildman–Crippen MR) is 94.0 cm³/mol. The first-order valence-corrected chi connectivity index (χ1v) is 11.1. The lowest BCUT2D eigenvalue weighted by atomic mass is 10.3. The molecule has 0 aliphatic heterocycles. The number of imidazole rings is 1. The van der Waals surface area contributed by atoms with Crippen molar-refractivity contribution in [1.82, 2.24) is 9.38 Å². The molecule has 0 atom stereocenters. The van der Waals surface area contributed by atoms with E-state index >= 15 is 0 Å². The van der Waals surface area contributed by atoms with E-state index < -0.39 is 50.8 Å². The van der Waals surface area contributed by atoms with E-state index in [0.717, 1.165) is 6.20 Å². The van der Waals surface area contributed by atoms with Gasteiger partial charge >= 0.3 is 26.2 Å². The fraction of sp³-hybridized carbons (Fsp3) is 0.385. The van der Waals surface area contributed by atoms with Crippen molar-refractivity contribution in [3.05, 3.63) is 46.4 Å². The average molecular weight is 453 g/mol. The Hall–Kier alpha value is -2.34. The van der Waals surface area contributed by atoms with Crippen molar-refractivity contribution < 1.29 is 48.2 Å². The monoisotopic (exact) mass is 453 g/mol. The van der Waals surface area contributed by atoms with Crippen molar-refractivity contribution in [1.29, 1.82) is 0 Å². The molecule has 0 aliphatic rings. The van der Waals surface area contributed by atoms with Crippen LogP contribution in [-0.4, -0.2) is 51.7 Å². The molecule has 0 saturated carbocycles. The fourth-order valence-electron chi connectivity index (χ4n) is 2.47. The Morgan fingerprint density at radius 1 is 1.24 bits per heavy atom. The van der Waals surface area contributed by atoms with E-state index in [2.05, 4.69) is 14.6 Å². The SMILES string of the molecule is O=C(CCCO[N+](=O)[O-])OC(Cc1cnc2ccccn12)(P(=O)(O)O)P(=O)(O)O. The van der Waals surface area contributed by atoms with Crippen LogP contribution in [0.25, 0.3) is 5.65 Å². The summed E-state index contributed by atoms with van der Waals surface area (Å²) in [5, 5.41) is 5.47. The van der Waals surface area contributed by atoms with Crippen molar-refractivity contribution in [3.63, 3.8) is 0 Å². The summed E-state index contributed by atoms with van der Waals surface area (Å²) in [6, 6.07) is 4.72. The number of aromatic nitrogens is 2. The number of fused-ring (bicyclic) bond motifs is 1. The first kappa shape index (κ1) is 22.9. The fourth-order valence-corrected chi connectivity index (χ4v) is 5.01. The normalized spacial score (nSPS) is 12.7. The maximum atomic E-state index is 12.1. The number of carbonyl (C=O) groups excluding carboxylic acids is 1. The standard InChI is InChI=1S/C13H17N3O11P2/c17-12(5-3-7-26-16(18)19)27-13(28(20,21)22,29(23,24)25)8-10-9-14-11-4-1-2-6-15(10)11/h1-2,4,6,9H,3,5,7-8H2,(H2,20,21,22)(H2,23,24,25). The lowest BCUT2D eigenvalue weighted by molar-refractivity contribution is -0.757. The van der Waals surface area contributed by atoms with E-state index in [1.807, 2.05) is 0 Å². The maximum Gasteiger partial charge on any atom is 0.381 e. The summed E-state index contributed by atoms with van der Waals surface area (Å²) >= 11 is 0. The number of hydrogen-bond acceptors (Lipinski definition) is 8. The zero-order valence-electron chi connectivity index (χ0n) is 14.6. The van der Waals surface area contributed by atoms with Crippen LogP contribution in [0.2, 0.25) is 0 Å². The smallest absolute Gasteiger partial charge is 0.381 e. The second-order valence-corrected chi connectivity index (χ2v) is 9.79. The molecule has 2 aromatic rings. The molecule has 16 heteroatoms. The quantitative estimate of drug-likeness (QED) is 0.127. The first-order valence-electron chi connectivity index (χ1n) is 7.89. The summed E-state index contributed by atoms with van der Waals surface area (Å²) in [5.74, 6) is -1.38. The molecule has 0 aliphatic carbocycles. The molecular formula is C13H17N3O11P2. The summed E-state index contributed by atoms with van der Waals surface area (Å²) in [6.45, 7) is -0.520. The number of rotatable bonds is 10. The molecule has 0 fully saturated rings. The van der Waals surface area contributed by atoms with Gasteiger partial charge in [0.05, 0.1) is 13.0 Å². The number of ether oxygens (including phenoxy) is 1. The highest BCUT2D eigenvalue weighted by atomic mass is 31.2. The van der Waals surface area contributed by atoms with Crippen molar-refractivity contribution >= 4 is 26.8 Å². The second-order valence-electron chi connectivity index (χ2n) is 5.82. The molecular weight excluding hydrogens is 436 g/mol. The van der Waals surface area contributed by atoms with Crippen LogP contribution in [-0.2, 0) is 29.9 Å². The van der Waals surface area contributed by atoms with Crippen molar-refractivity contribution in [2.24, 2.45) is 0 Å². The van der Waals surface area contributed by atoms with Gasteiger partial charge in [-0.3, -0.25) is 13.9 Å². The van der Waals surface area contributed by atoms with Crippen molar-refractivity contribution in [2.45, 2.75) is 24.3 Å². The lowest BCUT2D eigenvalue weighted by Crippen LogP contribution is -2.38. The van der Waals surface area contributed by atoms with E-state index in [9.17, 15) is 43.6 Å². The molecule has 2 heterocycles. The van der Waals surface area contributed by atoms with Crippen LogP contribution in [0.3, 0.4) is 0 Å². The lowest BCUT2D eigenvalue weighted by Gasteiger charge is -2.33. The van der Waals surface area contributed by atoms with Gasteiger partial charge in [0, 0.05) is 24.5 Å². The molecule has 2 rings (SSSR count). The number of carbonyl (C=O) groups is 1. The highest BCUT2D eigenvalue weighted by molar-refractivity contribution is 7.72. The zero-order valence-corrected chi connectivity index (χ0v) is 16.4. The Kier molecular flexibility index (Phi) is 6.78. The van der Waals surface area contributed by atoms with Crippen LogP contribution in [0.4, 0.5) is 0 Å². The number of nitrogens with zero attached hydrogens (tertiary/aromatic N) is 3. The van der Waals surface area contributed by atoms with Gasteiger partial charge in [-0.1, -0.05) is 6.07 Å². The van der Waals surface area contributed by atoms with Gasteiger partial charge in [0.15, 0.2) is 0 Å². The predicted octanol–water partition coefficient (Wildman–Crippen LogP) is 0.418. The van der Waals surface area contributed by atoms with E-state index in [4.69, 9.17) is 0 Å². The van der Waals surface area contributed by atoms with Crippen LogP contribution in [0.1, 0.15) is 18.5 Å². The first-order chi connectivity index (χ1) is 13.4. The van der Waals surface area contributed by atoms with Gasteiger partial charge in [-0.25, -0.2) is 4.98 Å². The van der Waals surface area contributed by atoms with Gasteiger partial charge in [0.25, 0.3) is 5.09 Å². The van der Waals surface area contributed by atoms with Crippen molar-refractivity contribution in [3.8, 4) is 0 Å². The second kappa shape index (κ2) is 8.57. The molecule has 4 N–H and O–H groups in total. The topological polar surface area (TPSA) is 211 Å². The Balaban J connectivity index is 2.36. The Bertz CT molecular complexity index is 973. The van der Waals surface area contributed by atoms with Crippen LogP contribution in [0, 0.1) is 10.1 Å². The third-order valence-electron chi connectivity index (χ3n) is 3.81.